The zero-order chi connectivity index (χ0) is 15.3. The molecule has 0 aromatic heterocycles. The predicted octanol–water partition coefficient (Wildman–Crippen LogP) is 5.11. The van der Waals surface area contributed by atoms with Gasteiger partial charge in [-0.25, -0.2) is 0 Å². The van der Waals surface area contributed by atoms with Gasteiger partial charge in [0.25, 0.3) is 0 Å². The van der Waals surface area contributed by atoms with E-state index >= 15 is 0 Å². The van der Waals surface area contributed by atoms with Crippen LogP contribution in [0.2, 0.25) is 0 Å². The lowest BCUT2D eigenvalue weighted by Gasteiger charge is -2.18. The van der Waals surface area contributed by atoms with E-state index in [0.717, 1.165) is 12.1 Å². The Kier molecular flexibility index (Phi) is 3.34. The van der Waals surface area contributed by atoms with E-state index in [1.807, 2.05) is 0 Å². The lowest BCUT2D eigenvalue weighted by Crippen LogP contribution is -2.19. The Labute approximate surface area is 112 Å². The summed E-state index contributed by atoms with van der Waals surface area (Å²) in [5.41, 5.74) is -1.57. The zero-order valence-electron chi connectivity index (χ0n) is 11.0. The molecule has 1 aliphatic rings. The summed E-state index contributed by atoms with van der Waals surface area (Å²) in [6.45, 7) is 3.05. The van der Waals surface area contributed by atoms with Crippen molar-refractivity contribution in [2.75, 3.05) is 0 Å². The van der Waals surface area contributed by atoms with Crippen LogP contribution in [0.5, 0.6) is 0 Å². The minimum absolute atomic E-state index is 0.131. The van der Waals surface area contributed by atoms with Crippen molar-refractivity contribution in [3.63, 3.8) is 0 Å². The van der Waals surface area contributed by atoms with Crippen molar-refractivity contribution >= 4 is 0 Å². The van der Waals surface area contributed by atoms with Gasteiger partial charge in [-0.3, -0.25) is 0 Å². The fraction of sp³-hybridized carbons (Fsp3) is 0.571. The lowest BCUT2D eigenvalue weighted by molar-refractivity contribution is -0.152. The molecule has 0 radical (unpaired) electrons. The monoisotopic (exact) mass is 296 g/mol. The Bertz CT molecular complexity index is 513. The van der Waals surface area contributed by atoms with Crippen molar-refractivity contribution < 1.29 is 26.3 Å². The highest BCUT2D eigenvalue weighted by Gasteiger charge is 2.64. The molecule has 20 heavy (non-hydrogen) atoms. The number of aryl methyl sites for hydroxylation is 1. The SMILES string of the molecule is CCc1cc(C(F)(F)F)cc(C2(C)CC2C(F)(F)F)c1. The van der Waals surface area contributed by atoms with Gasteiger partial charge in [-0.15, -0.1) is 0 Å². The summed E-state index contributed by atoms with van der Waals surface area (Å²) >= 11 is 0. The highest BCUT2D eigenvalue weighted by Crippen LogP contribution is 2.61. The van der Waals surface area contributed by atoms with Crippen molar-refractivity contribution in [3.8, 4) is 0 Å². The number of halogens is 6. The molecule has 0 nitrogen and oxygen atoms in total. The first kappa shape index (κ1) is 15.2. The number of hydrogen-bond acceptors (Lipinski definition) is 0. The molecule has 1 aromatic rings. The Morgan fingerprint density at radius 3 is 2.10 bits per heavy atom. The van der Waals surface area contributed by atoms with Gasteiger partial charge < -0.3 is 0 Å². The van der Waals surface area contributed by atoms with Gasteiger partial charge in [0.05, 0.1) is 11.5 Å². The molecule has 0 bridgehead atoms. The van der Waals surface area contributed by atoms with Crippen molar-refractivity contribution in [3.05, 3.63) is 34.9 Å². The molecule has 0 saturated heterocycles. The second kappa shape index (κ2) is 4.40. The molecule has 1 saturated carbocycles. The van der Waals surface area contributed by atoms with Gasteiger partial charge in [0, 0.05) is 5.41 Å². The highest BCUT2D eigenvalue weighted by atomic mass is 19.4. The molecule has 2 rings (SSSR count). The van der Waals surface area contributed by atoms with Crippen LogP contribution in [0.4, 0.5) is 26.3 Å². The van der Waals surface area contributed by atoms with Crippen LogP contribution in [0.25, 0.3) is 0 Å². The molecule has 1 aliphatic carbocycles. The van der Waals surface area contributed by atoms with E-state index in [0.29, 0.717) is 12.0 Å². The van der Waals surface area contributed by atoms with E-state index < -0.39 is 29.2 Å². The number of benzene rings is 1. The molecule has 6 heteroatoms. The lowest BCUT2D eigenvalue weighted by atomic mass is 9.91. The van der Waals surface area contributed by atoms with Crippen LogP contribution in [-0.2, 0) is 18.0 Å². The maximum Gasteiger partial charge on any atom is 0.416 e. The van der Waals surface area contributed by atoms with Crippen LogP contribution in [0.1, 0.15) is 37.0 Å². The maximum atomic E-state index is 12.8. The van der Waals surface area contributed by atoms with Gasteiger partial charge in [-0.05, 0) is 36.1 Å². The van der Waals surface area contributed by atoms with E-state index in [9.17, 15) is 26.3 Å². The average molecular weight is 296 g/mol. The van der Waals surface area contributed by atoms with Crippen LogP contribution in [0.3, 0.4) is 0 Å². The third kappa shape index (κ3) is 2.65. The van der Waals surface area contributed by atoms with E-state index in [1.165, 1.54) is 13.0 Å². The largest absolute Gasteiger partial charge is 0.416 e. The van der Waals surface area contributed by atoms with E-state index in [4.69, 9.17) is 0 Å². The van der Waals surface area contributed by atoms with Gasteiger partial charge in [0.1, 0.15) is 0 Å². The fourth-order valence-electron chi connectivity index (χ4n) is 2.55. The molecular formula is C14H14F6. The third-order valence-corrected chi connectivity index (χ3v) is 4.02. The Balaban J connectivity index is 2.44. The quantitative estimate of drug-likeness (QED) is 0.665. The Morgan fingerprint density at radius 2 is 1.70 bits per heavy atom. The summed E-state index contributed by atoms with van der Waals surface area (Å²) in [6.07, 6.45) is -8.71. The summed E-state index contributed by atoms with van der Waals surface area (Å²) in [4.78, 5) is 0. The highest BCUT2D eigenvalue weighted by molar-refractivity contribution is 5.40. The van der Waals surface area contributed by atoms with Crippen LogP contribution >= 0.6 is 0 Å². The van der Waals surface area contributed by atoms with E-state index in [1.54, 1.807) is 6.92 Å². The second-order valence-electron chi connectivity index (χ2n) is 5.49. The molecule has 1 fully saturated rings. The molecular weight excluding hydrogens is 282 g/mol. The summed E-state index contributed by atoms with van der Waals surface area (Å²) in [6, 6.07) is 3.31. The number of hydrogen-bond donors (Lipinski definition) is 0. The molecule has 0 heterocycles. The molecule has 0 N–H and O–H groups in total. The normalized spacial score (nSPS) is 26.7. The molecule has 112 valence electrons. The molecule has 0 spiro atoms. The third-order valence-electron chi connectivity index (χ3n) is 4.02. The van der Waals surface area contributed by atoms with Gasteiger partial charge >= 0.3 is 12.4 Å². The fourth-order valence-corrected chi connectivity index (χ4v) is 2.55. The topological polar surface area (TPSA) is 0 Å². The van der Waals surface area contributed by atoms with Crippen molar-refractivity contribution in [1.82, 2.24) is 0 Å². The van der Waals surface area contributed by atoms with Crippen molar-refractivity contribution in [2.24, 2.45) is 5.92 Å². The molecule has 0 aliphatic heterocycles. The first-order valence-corrected chi connectivity index (χ1v) is 6.27. The average Bonchev–Trinajstić information content (AvgIpc) is 3.01. The van der Waals surface area contributed by atoms with Crippen molar-refractivity contribution in [1.29, 1.82) is 0 Å². The summed E-state index contributed by atoms with van der Waals surface area (Å²) in [5.74, 6) is -1.55. The minimum Gasteiger partial charge on any atom is -0.171 e. The van der Waals surface area contributed by atoms with Gasteiger partial charge in [-0.2, -0.15) is 26.3 Å². The Morgan fingerprint density at radius 1 is 1.10 bits per heavy atom. The van der Waals surface area contributed by atoms with Crippen LogP contribution in [0, 0.1) is 5.92 Å². The first-order valence-electron chi connectivity index (χ1n) is 6.27. The van der Waals surface area contributed by atoms with Gasteiger partial charge in [0.15, 0.2) is 0 Å². The first-order chi connectivity index (χ1) is 8.98. The van der Waals surface area contributed by atoms with E-state index in [2.05, 4.69) is 0 Å². The molecule has 1 aromatic carbocycles. The minimum atomic E-state index is -4.54. The van der Waals surface area contributed by atoms with Crippen LogP contribution in [-0.4, -0.2) is 6.18 Å². The zero-order valence-corrected chi connectivity index (χ0v) is 11.0. The molecule has 2 atom stereocenters. The summed E-state index contributed by atoms with van der Waals surface area (Å²) in [5, 5.41) is 0. The van der Waals surface area contributed by atoms with Gasteiger partial charge in [-0.1, -0.05) is 19.9 Å². The van der Waals surface area contributed by atoms with E-state index in [-0.39, 0.29) is 12.0 Å². The second-order valence-corrected chi connectivity index (χ2v) is 5.49. The summed E-state index contributed by atoms with van der Waals surface area (Å²) in [7, 11) is 0. The van der Waals surface area contributed by atoms with Crippen LogP contribution in [0.15, 0.2) is 18.2 Å². The predicted molar refractivity (Wildman–Crippen MR) is 62.3 cm³/mol. The van der Waals surface area contributed by atoms with Crippen LogP contribution < -0.4 is 0 Å². The van der Waals surface area contributed by atoms with Gasteiger partial charge in [0.2, 0.25) is 0 Å². The summed E-state index contributed by atoms with van der Waals surface area (Å²) < 4.78 is 76.6. The molecule has 2 unspecified atom stereocenters. The number of rotatable bonds is 2. The number of alkyl halides is 6. The molecule has 0 amide bonds. The van der Waals surface area contributed by atoms with Crippen molar-refractivity contribution in [2.45, 2.75) is 44.5 Å². The maximum absolute atomic E-state index is 12.8. The smallest absolute Gasteiger partial charge is 0.171 e. The Hall–Kier alpha value is -1.20. The standard InChI is InChI=1S/C14H14F6/c1-3-8-4-9(6-10(5-8)13(15,16)17)12(2)7-11(12)14(18,19)20/h4-6,11H,3,7H2,1-2H3.